The molecular weight excluding hydrogens is 212 g/mol. The zero-order chi connectivity index (χ0) is 11.9. The van der Waals surface area contributed by atoms with Crippen molar-refractivity contribution in [3.63, 3.8) is 0 Å². The lowest BCUT2D eigenvalue weighted by molar-refractivity contribution is -0.123. The minimum atomic E-state index is 0.187. The van der Waals surface area contributed by atoms with Crippen LogP contribution in [-0.2, 0) is 4.79 Å². The predicted molar refractivity (Wildman–Crippen MR) is 68.2 cm³/mol. The first-order chi connectivity index (χ1) is 8.38. The standard InChI is InChI=1S/C14H24N2O/c17-14-11-15-16-13-10-8-6-4-2-1-3-5-7-9-12(13)14/h12-13H,1-11H2. The number of fused-ring (bicyclic) bond motifs is 1. The van der Waals surface area contributed by atoms with Gasteiger partial charge in [-0.2, -0.15) is 10.2 Å². The van der Waals surface area contributed by atoms with Gasteiger partial charge >= 0.3 is 0 Å². The molecular formula is C14H24N2O. The zero-order valence-corrected chi connectivity index (χ0v) is 10.7. The number of hydrogen-bond donors (Lipinski definition) is 0. The van der Waals surface area contributed by atoms with E-state index in [1.54, 1.807) is 0 Å². The summed E-state index contributed by atoms with van der Waals surface area (Å²) in [5.74, 6) is 0.522. The van der Waals surface area contributed by atoms with Gasteiger partial charge < -0.3 is 0 Å². The number of ketones is 1. The van der Waals surface area contributed by atoms with Crippen LogP contribution in [0, 0.1) is 5.92 Å². The van der Waals surface area contributed by atoms with Gasteiger partial charge in [0.2, 0.25) is 0 Å². The molecule has 17 heavy (non-hydrogen) atoms. The largest absolute Gasteiger partial charge is 0.297 e. The van der Waals surface area contributed by atoms with Crippen molar-refractivity contribution in [2.45, 2.75) is 70.3 Å². The molecule has 2 unspecified atom stereocenters. The molecule has 1 heterocycles. The molecule has 1 saturated carbocycles. The Hall–Kier alpha value is -0.730. The first-order valence-electron chi connectivity index (χ1n) is 7.27. The summed E-state index contributed by atoms with van der Waals surface area (Å²) < 4.78 is 0. The Morgan fingerprint density at radius 2 is 1.41 bits per heavy atom. The maximum absolute atomic E-state index is 11.9. The highest BCUT2D eigenvalue weighted by Gasteiger charge is 2.30. The summed E-state index contributed by atoms with van der Waals surface area (Å²) in [5.41, 5.74) is 0. The van der Waals surface area contributed by atoms with E-state index in [9.17, 15) is 4.79 Å². The molecule has 0 saturated heterocycles. The Morgan fingerprint density at radius 1 is 0.824 bits per heavy atom. The molecule has 0 bridgehead atoms. The minimum Gasteiger partial charge on any atom is -0.297 e. The van der Waals surface area contributed by atoms with Crippen LogP contribution in [-0.4, -0.2) is 18.4 Å². The van der Waals surface area contributed by atoms with Crippen molar-refractivity contribution in [2.75, 3.05) is 6.54 Å². The van der Waals surface area contributed by atoms with Crippen molar-refractivity contribution < 1.29 is 4.79 Å². The molecule has 0 aromatic carbocycles. The molecule has 0 aromatic rings. The van der Waals surface area contributed by atoms with Crippen LogP contribution in [0.4, 0.5) is 0 Å². The predicted octanol–water partition coefficient (Wildman–Crippen LogP) is 3.92. The number of hydrogen-bond acceptors (Lipinski definition) is 3. The number of rotatable bonds is 0. The fourth-order valence-electron chi connectivity index (χ4n) is 3.02. The Kier molecular flexibility index (Phi) is 5.14. The van der Waals surface area contributed by atoms with E-state index in [1.165, 1.54) is 51.4 Å². The van der Waals surface area contributed by atoms with Crippen molar-refractivity contribution in [1.82, 2.24) is 0 Å². The third kappa shape index (κ3) is 3.90. The second kappa shape index (κ2) is 6.87. The third-order valence-electron chi connectivity index (χ3n) is 4.10. The second-order valence-electron chi connectivity index (χ2n) is 5.46. The number of nitrogens with zero attached hydrogens (tertiary/aromatic N) is 2. The number of azo groups is 1. The molecule has 2 rings (SSSR count). The lowest BCUT2D eigenvalue weighted by Gasteiger charge is -2.25. The van der Waals surface area contributed by atoms with Gasteiger partial charge in [-0.05, 0) is 12.8 Å². The first kappa shape index (κ1) is 12.7. The topological polar surface area (TPSA) is 41.8 Å². The number of carbonyl (C=O) groups is 1. The summed E-state index contributed by atoms with van der Waals surface area (Å²) in [5, 5.41) is 8.32. The van der Waals surface area contributed by atoms with Crippen LogP contribution in [0.2, 0.25) is 0 Å². The summed E-state index contributed by atoms with van der Waals surface area (Å²) in [6.45, 7) is 0.334. The van der Waals surface area contributed by atoms with E-state index in [2.05, 4.69) is 10.2 Å². The minimum absolute atomic E-state index is 0.187. The fourth-order valence-corrected chi connectivity index (χ4v) is 3.02. The highest BCUT2D eigenvalue weighted by Crippen LogP contribution is 2.27. The lowest BCUT2D eigenvalue weighted by Crippen LogP contribution is -2.32. The molecule has 1 aliphatic carbocycles. The van der Waals surface area contributed by atoms with E-state index >= 15 is 0 Å². The van der Waals surface area contributed by atoms with E-state index in [4.69, 9.17) is 0 Å². The molecule has 0 radical (unpaired) electrons. The van der Waals surface area contributed by atoms with Crippen molar-refractivity contribution in [3.8, 4) is 0 Å². The Bertz CT molecular complexity index is 275. The molecule has 0 spiro atoms. The smallest absolute Gasteiger partial charge is 0.161 e. The highest BCUT2D eigenvalue weighted by molar-refractivity contribution is 5.84. The highest BCUT2D eigenvalue weighted by atomic mass is 16.1. The summed E-state index contributed by atoms with van der Waals surface area (Å²) in [6.07, 6.45) is 12.6. The van der Waals surface area contributed by atoms with Crippen LogP contribution in [0.5, 0.6) is 0 Å². The molecule has 0 N–H and O–H groups in total. The van der Waals surface area contributed by atoms with Crippen LogP contribution >= 0.6 is 0 Å². The average Bonchev–Trinajstić information content (AvgIpc) is 2.31. The van der Waals surface area contributed by atoms with Gasteiger partial charge in [0.15, 0.2) is 5.78 Å². The molecule has 1 fully saturated rings. The fraction of sp³-hybridized carbons (Fsp3) is 0.929. The molecule has 3 heteroatoms. The van der Waals surface area contributed by atoms with Gasteiger partial charge in [-0.1, -0.05) is 51.4 Å². The van der Waals surface area contributed by atoms with Crippen LogP contribution in [0.15, 0.2) is 10.2 Å². The van der Waals surface area contributed by atoms with E-state index in [0.717, 1.165) is 12.8 Å². The molecule has 0 aromatic heterocycles. The number of carbonyl (C=O) groups excluding carboxylic acids is 1. The number of Topliss-reactive ketones (excluding diaryl/α,β-unsaturated/α-hetero) is 1. The normalized spacial score (nSPS) is 32.4. The third-order valence-corrected chi connectivity index (χ3v) is 4.10. The van der Waals surface area contributed by atoms with Gasteiger partial charge in [-0.3, -0.25) is 4.79 Å². The quantitative estimate of drug-likeness (QED) is 0.628. The second-order valence-corrected chi connectivity index (χ2v) is 5.46. The molecule has 1 aliphatic heterocycles. The summed E-state index contributed by atoms with van der Waals surface area (Å²) in [6, 6.07) is 0.204. The van der Waals surface area contributed by atoms with Gasteiger partial charge in [0, 0.05) is 5.92 Å². The van der Waals surface area contributed by atoms with Gasteiger partial charge in [-0.15, -0.1) is 0 Å². The molecule has 96 valence electrons. The SMILES string of the molecule is O=C1CN=NC2CCCCCCCCCCC12. The zero-order valence-electron chi connectivity index (χ0n) is 10.7. The van der Waals surface area contributed by atoms with Crippen molar-refractivity contribution >= 4 is 5.78 Å². The summed E-state index contributed by atoms with van der Waals surface area (Å²) in [7, 11) is 0. The molecule has 2 aliphatic rings. The van der Waals surface area contributed by atoms with Crippen LogP contribution in [0.1, 0.15) is 64.2 Å². The van der Waals surface area contributed by atoms with Crippen molar-refractivity contribution in [1.29, 1.82) is 0 Å². The van der Waals surface area contributed by atoms with Gasteiger partial charge in [0.05, 0.1) is 6.04 Å². The Balaban J connectivity index is 1.93. The Labute approximate surface area is 104 Å². The van der Waals surface area contributed by atoms with E-state index in [1.807, 2.05) is 0 Å². The molecule has 3 nitrogen and oxygen atoms in total. The van der Waals surface area contributed by atoms with E-state index < -0.39 is 0 Å². The van der Waals surface area contributed by atoms with E-state index in [-0.39, 0.29) is 12.0 Å². The van der Waals surface area contributed by atoms with Gasteiger partial charge in [0.25, 0.3) is 0 Å². The molecule has 0 amide bonds. The maximum Gasteiger partial charge on any atom is 0.161 e. The summed E-state index contributed by atoms with van der Waals surface area (Å²) in [4.78, 5) is 11.9. The van der Waals surface area contributed by atoms with Crippen LogP contribution in [0.25, 0.3) is 0 Å². The Morgan fingerprint density at radius 3 is 2.12 bits per heavy atom. The van der Waals surface area contributed by atoms with Gasteiger partial charge in [0.1, 0.15) is 6.54 Å². The first-order valence-corrected chi connectivity index (χ1v) is 7.27. The van der Waals surface area contributed by atoms with Crippen molar-refractivity contribution in [3.05, 3.63) is 0 Å². The van der Waals surface area contributed by atoms with Gasteiger partial charge in [-0.25, -0.2) is 0 Å². The van der Waals surface area contributed by atoms with Crippen LogP contribution < -0.4 is 0 Å². The maximum atomic E-state index is 11.9. The average molecular weight is 236 g/mol. The van der Waals surface area contributed by atoms with E-state index in [0.29, 0.717) is 12.3 Å². The van der Waals surface area contributed by atoms with Crippen molar-refractivity contribution in [2.24, 2.45) is 16.1 Å². The lowest BCUT2D eigenvalue weighted by atomic mass is 9.85. The molecule has 2 atom stereocenters. The summed E-state index contributed by atoms with van der Waals surface area (Å²) >= 11 is 0. The van der Waals surface area contributed by atoms with Crippen LogP contribution in [0.3, 0.4) is 0 Å². The monoisotopic (exact) mass is 236 g/mol.